The summed E-state index contributed by atoms with van der Waals surface area (Å²) in [5.41, 5.74) is 2.34. The fourth-order valence-corrected chi connectivity index (χ4v) is 3.58. The predicted octanol–water partition coefficient (Wildman–Crippen LogP) is 3.57. The first-order valence-electron chi connectivity index (χ1n) is 9.66. The number of hydrogen-bond donors (Lipinski definition) is 1. The third kappa shape index (κ3) is 4.94. The third-order valence-corrected chi connectivity index (χ3v) is 5.54. The molecule has 10 heteroatoms. The van der Waals surface area contributed by atoms with E-state index in [0.717, 1.165) is 18.8 Å². The molecule has 30 heavy (non-hydrogen) atoms. The van der Waals surface area contributed by atoms with Crippen molar-refractivity contribution >= 4 is 57.9 Å². The maximum atomic E-state index is 12.4. The van der Waals surface area contributed by atoms with Crippen molar-refractivity contribution in [3.05, 3.63) is 34.7 Å². The van der Waals surface area contributed by atoms with Crippen LogP contribution in [0.2, 0.25) is 10.3 Å². The quantitative estimate of drug-likeness (QED) is 0.701. The van der Waals surface area contributed by atoms with Crippen LogP contribution in [0.3, 0.4) is 0 Å². The summed E-state index contributed by atoms with van der Waals surface area (Å²) < 4.78 is 0. The average Bonchev–Trinajstić information content (AvgIpc) is 2.75. The summed E-state index contributed by atoms with van der Waals surface area (Å²) in [5.74, 6) is 0.421. The number of carbonyl (C=O) groups is 2. The minimum absolute atomic E-state index is 0.0246. The van der Waals surface area contributed by atoms with Gasteiger partial charge in [-0.3, -0.25) is 9.59 Å². The molecular weight excluding hydrogens is 427 g/mol. The van der Waals surface area contributed by atoms with Crippen LogP contribution < -0.4 is 15.1 Å². The molecule has 0 unspecified atom stereocenters. The Bertz CT molecular complexity index is 947. The molecule has 1 aromatic heterocycles. The zero-order chi connectivity index (χ0) is 21.8. The highest BCUT2D eigenvalue weighted by Gasteiger charge is 2.21. The number of benzene rings is 1. The van der Waals surface area contributed by atoms with Gasteiger partial charge in [0.15, 0.2) is 5.82 Å². The number of amides is 2. The molecule has 0 bridgehead atoms. The summed E-state index contributed by atoms with van der Waals surface area (Å²) in [6, 6.07) is 5.81. The van der Waals surface area contributed by atoms with E-state index >= 15 is 0 Å². The van der Waals surface area contributed by atoms with E-state index in [4.69, 9.17) is 23.2 Å². The van der Waals surface area contributed by atoms with Crippen LogP contribution in [0.1, 0.15) is 20.3 Å². The maximum Gasteiger partial charge on any atom is 0.226 e. The number of piperazine rings is 1. The van der Waals surface area contributed by atoms with E-state index in [-0.39, 0.29) is 17.1 Å². The summed E-state index contributed by atoms with van der Waals surface area (Å²) in [6.45, 7) is 6.20. The van der Waals surface area contributed by atoms with Crippen LogP contribution >= 0.6 is 23.2 Å². The number of hydrogen-bond acceptors (Lipinski definition) is 6. The van der Waals surface area contributed by atoms with Crippen molar-refractivity contribution in [1.29, 1.82) is 0 Å². The number of rotatable bonds is 5. The van der Waals surface area contributed by atoms with Gasteiger partial charge in [-0.15, -0.1) is 0 Å². The lowest BCUT2D eigenvalue weighted by molar-refractivity contribution is -0.129. The van der Waals surface area contributed by atoms with Gasteiger partial charge in [0, 0.05) is 52.3 Å². The molecule has 1 aliphatic rings. The third-order valence-electron chi connectivity index (χ3n) is 5.08. The number of carbonyl (C=O) groups excluding carboxylic acids is 2. The monoisotopic (exact) mass is 450 g/mol. The van der Waals surface area contributed by atoms with Crippen LogP contribution in [0.5, 0.6) is 0 Å². The number of halogens is 2. The van der Waals surface area contributed by atoms with Gasteiger partial charge in [-0.05, 0) is 29.8 Å². The Kier molecular flexibility index (Phi) is 6.99. The highest BCUT2D eigenvalue weighted by Crippen LogP contribution is 2.34. The zero-order valence-electron chi connectivity index (χ0n) is 17.2. The first-order valence-corrected chi connectivity index (χ1v) is 10.4. The topological polar surface area (TPSA) is 81.7 Å². The van der Waals surface area contributed by atoms with Crippen LogP contribution in [0.15, 0.2) is 24.4 Å². The highest BCUT2D eigenvalue weighted by atomic mass is 35.5. The summed E-state index contributed by atoms with van der Waals surface area (Å²) in [5, 5.41) is 3.55. The first kappa shape index (κ1) is 22.1. The molecule has 1 aromatic carbocycles. The molecule has 2 amide bonds. The van der Waals surface area contributed by atoms with Gasteiger partial charge in [0.05, 0.1) is 17.6 Å². The number of aromatic nitrogens is 2. The summed E-state index contributed by atoms with van der Waals surface area (Å²) in [4.78, 5) is 37.6. The van der Waals surface area contributed by atoms with E-state index in [1.54, 1.807) is 18.9 Å². The predicted molar refractivity (Wildman–Crippen MR) is 120 cm³/mol. The van der Waals surface area contributed by atoms with Gasteiger partial charge in [-0.2, -0.15) is 4.98 Å². The summed E-state index contributed by atoms with van der Waals surface area (Å²) in [7, 11) is 1.73. The molecule has 8 nitrogen and oxygen atoms in total. The summed E-state index contributed by atoms with van der Waals surface area (Å²) >= 11 is 12.1. The smallest absolute Gasteiger partial charge is 0.226 e. The van der Waals surface area contributed by atoms with Crippen LogP contribution in [0.25, 0.3) is 0 Å². The number of nitrogens with one attached hydrogen (secondary N) is 1. The minimum atomic E-state index is -0.0246. The molecule has 1 fully saturated rings. The Morgan fingerprint density at radius 2 is 1.90 bits per heavy atom. The molecule has 0 aliphatic carbocycles. The molecule has 1 saturated heterocycles. The van der Waals surface area contributed by atoms with Crippen molar-refractivity contribution in [2.45, 2.75) is 20.3 Å². The van der Waals surface area contributed by atoms with E-state index < -0.39 is 0 Å². The molecule has 0 saturated carbocycles. The minimum Gasteiger partial charge on any atom is -0.368 e. The van der Waals surface area contributed by atoms with E-state index in [0.29, 0.717) is 41.7 Å². The molecule has 2 heterocycles. The van der Waals surface area contributed by atoms with Crippen molar-refractivity contribution in [2.75, 3.05) is 48.3 Å². The summed E-state index contributed by atoms with van der Waals surface area (Å²) in [6.07, 6.45) is 1.79. The fourth-order valence-electron chi connectivity index (χ4n) is 3.31. The first-order chi connectivity index (χ1) is 14.3. The average molecular weight is 451 g/mol. The molecule has 3 rings (SSSR count). The van der Waals surface area contributed by atoms with Gasteiger partial charge in [-0.25, -0.2) is 4.98 Å². The van der Waals surface area contributed by atoms with E-state index in [2.05, 4.69) is 20.2 Å². The van der Waals surface area contributed by atoms with Crippen LogP contribution in [0.4, 0.5) is 22.9 Å². The van der Waals surface area contributed by atoms with Crippen molar-refractivity contribution in [3.63, 3.8) is 0 Å². The number of anilines is 4. The second-order valence-electron chi connectivity index (χ2n) is 6.96. The van der Waals surface area contributed by atoms with E-state index in [9.17, 15) is 9.59 Å². The normalized spacial score (nSPS) is 13.9. The van der Waals surface area contributed by atoms with Crippen LogP contribution in [-0.4, -0.2) is 59.9 Å². The van der Waals surface area contributed by atoms with Crippen LogP contribution in [-0.2, 0) is 9.59 Å². The molecule has 1 N–H and O–H groups in total. The van der Waals surface area contributed by atoms with Crippen molar-refractivity contribution < 1.29 is 9.59 Å². The Morgan fingerprint density at radius 1 is 1.20 bits per heavy atom. The highest BCUT2D eigenvalue weighted by molar-refractivity contribution is 6.33. The second kappa shape index (κ2) is 9.49. The van der Waals surface area contributed by atoms with Crippen molar-refractivity contribution in [2.24, 2.45) is 0 Å². The van der Waals surface area contributed by atoms with Gasteiger partial charge < -0.3 is 20.0 Å². The van der Waals surface area contributed by atoms with E-state index in [1.807, 2.05) is 30.0 Å². The Morgan fingerprint density at radius 3 is 2.53 bits per heavy atom. The number of nitrogens with zero attached hydrogens (tertiary/aromatic N) is 5. The van der Waals surface area contributed by atoms with Gasteiger partial charge in [0.1, 0.15) is 5.02 Å². The Labute approximate surface area is 185 Å². The van der Waals surface area contributed by atoms with Gasteiger partial charge in [-0.1, -0.05) is 18.5 Å². The lowest BCUT2D eigenvalue weighted by Crippen LogP contribution is -2.48. The molecule has 0 radical (unpaired) electrons. The fraction of sp³-hybridized carbons (Fsp3) is 0.400. The SMILES string of the molecule is CCC(=O)N(C)c1cc(N2CCN(C(C)=O)CC2)ccc1Nc1nc(Cl)ncc1Cl. The zero-order valence-corrected chi connectivity index (χ0v) is 18.7. The molecular formula is C20H24Cl2N6O2. The van der Waals surface area contributed by atoms with Crippen molar-refractivity contribution in [3.8, 4) is 0 Å². The second-order valence-corrected chi connectivity index (χ2v) is 7.71. The lowest BCUT2D eigenvalue weighted by Gasteiger charge is -2.36. The Balaban J connectivity index is 1.92. The molecule has 160 valence electrons. The Hall–Kier alpha value is -2.58. The largest absolute Gasteiger partial charge is 0.368 e. The molecule has 1 aliphatic heterocycles. The van der Waals surface area contributed by atoms with E-state index in [1.165, 1.54) is 6.20 Å². The van der Waals surface area contributed by atoms with Crippen LogP contribution in [0, 0.1) is 0 Å². The molecule has 2 aromatic rings. The molecule has 0 spiro atoms. The maximum absolute atomic E-state index is 12.4. The van der Waals surface area contributed by atoms with Gasteiger partial charge in [0.25, 0.3) is 0 Å². The van der Waals surface area contributed by atoms with Crippen molar-refractivity contribution in [1.82, 2.24) is 14.9 Å². The van der Waals surface area contributed by atoms with Gasteiger partial charge in [0.2, 0.25) is 17.1 Å². The molecule has 0 atom stereocenters. The van der Waals surface area contributed by atoms with Gasteiger partial charge >= 0.3 is 0 Å². The lowest BCUT2D eigenvalue weighted by atomic mass is 10.1. The standard InChI is InChI=1S/C20H24Cl2N6O2/c1-4-18(30)26(3)17-11-14(28-9-7-27(8-10-28)13(2)29)5-6-16(17)24-19-15(21)12-23-20(22)25-19/h5-6,11-12H,4,7-10H2,1-3H3,(H,23,24,25).